The molecule has 1 aliphatic carbocycles. The molecule has 0 atom stereocenters. The molecule has 7 heteroatoms. The fourth-order valence-electron chi connectivity index (χ4n) is 4.32. The van der Waals surface area contributed by atoms with E-state index in [1.54, 1.807) is 19.1 Å². The van der Waals surface area contributed by atoms with E-state index in [1.165, 1.54) is 30.0 Å². The third-order valence-electron chi connectivity index (χ3n) is 6.19. The van der Waals surface area contributed by atoms with Crippen LogP contribution in [-0.2, 0) is 9.53 Å². The Hall–Kier alpha value is -2.96. The second-order valence-electron chi connectivity index (χ2n) is 8.51. The van der Waals surface area contributed by atoms with Crippen molar-refractivity contribution in [3.63, 3.8) is 0 Å². The number of esters is 1. The first-order valence-corrected chi connectivity index (χ1v) is 11.6. The minimum atomic E-state index is -0.673. The van der Waals surface area contributed by atoms with Crippen LogP contribution >= 0.6 is 0 Å². The molecule has 1 saturated carbocycles. The average Bonchev–Trinajstić information content (AvgIpc) is 2.79. The molecular formula is C25H33N3O4. The van der Waals surface area contributed by atoms with Crippen molar-refractivity contribution in [2.75, 3.05) is 11.9 Å². The zero-order chi connectivity index (χ0) is 23.1. The maximum atomic E-state index is 12.9. The van der Waals surface area contributed by atoms with Gasteiger partial charge in [0.25, 0.3) is 5.56 Å². The molecule has 1 aliphatic rings. The van der Waals surface area contributed by atoms with Crippen molar-refractivity contribution in [1.82, 2.24) is 9.78 Å². The molecule has 0 saturated heterocycles. The van der Waals surface area contributed by atoms with Crippen LogP contribution in [0.25, 0.3) is 5.69 Å². The van der Waals surface area contributed by atoms with Gasteiger partial charge >= 0.3 is 5.97 Å². The van der Waals surface area contributed by atoms with Gasteiger partial charge in [0.1, 0.15) is 0 Å². The number of unbranched alkanes of at least 4 members (excludes halogenated alkanes) is 1. The quantitative estimate of drug-likeness (QED) is 0.605. The summed E-state index contributed by atoms with van der Waals surface area (Å²) in [6, 6.07) is 8.54. The second kappa shape index (κ2) is 11.1. The van der Waals surface area contributed by atoms with Crippen LogP contribution in [0.1, 0.15) is 74.8 Å². The topological polar surface area (TPSA) is 90.3 Å². The van der Waals surface area contributed by atoms with Crippen molar-refractivity contribution in [2.24, 2.45) is 11.8 Å². The number of anilines is 1. The fraction of sp³-hybridized carbons (Fsp3) is 0.520. The molecule has 0 radical (unpaired) electrons. The van der Waals surface area contributed by atoms with E-state index in [9.17, 15) is 14.4 Å². The highest BCUT2D eigenvalue weighted by Crippen LogP contribution is 2.32. The zero-order valence-electron chi connectivity index (χ0n) is 19.2. The number of nitrogens with one attached hydrogen (secondary N) is 1. The number of ether oxygens (including phenoxy) is 1. The number of hydrogen-bond acceptors (Lipinski definition) is 5. The van der Waals surface area contributed by atoms with Crippen LogP contribution in [0.5, 0.6) is 0 Å². The molecule has 2 aromatic rings. The number of carbonyl (C=O) groups excluding carboxylic acids is 2. The van der Waals surface area contributed by atoms with E-state index >= 15 is 0 Å². The number of aromatic nitrogens is 2. The number of hydrogen-bond donors (Lipinski definition) is 1. The van der Waals surface area contributed by atoms with E-state index in [4.69, 9.17) is 4.74 Å². The maximum Gasteiger partial charge on any atom is 0.360 e. The van der Waals surface area contributed by atoms with Gasteiger partial charge in [-0.05, 0) is 57.1 Å². The summed E-state index contributed by atoms with van der Waals surface area (Å²) in [5.41, 5.74) is 1.03. The number of carbonyl (C=O) groups is 2. The van der Waals surface area contributed by atoms with Crippen molar-refractivity contribution in [2.45, 2.75) is 65.7 Å². The molecule has 0 unspecified atom stereocenters. The van der Waals surface area contributed by atoms with Crippen LogP contribution in [0, 0.1) is 18.8 Å². The lowest BCUT2D eigenvalue weighted by Crippen LogP contribution is -2.31. The number of benzene rings is 1. The highest BCUT2D eigenvalue weighted by Gasteiger charge is 2.28. The lowest BCUT2D eigenvalue weighted by Gasteiger charge is -2.27. The molecule has 1 fully saturated rings. The summed E-state index contributed by atoms with van der Waals surface area (Å²) in [5.74, 6) is -0.275. The monoisotopic (exact) mass is 439 g/mol. The second-order valence-corrected chi connectivity index (χ2v) is 8.51. The molecule has 0 spiro atoms. The first-order valence-electron chi connectivity index (χ1n) is 11.6. The number of nitrogens with zero attached hydrogens (tertiary/aromatic N) is 2. The van der Waals surface area contributed by atoms with Crippen LogP contribution in [-0.4, -0.2) is 28.3 Å². The van der Waals surface area contributed by atoms with Crippen molar-refractivity contribution in [3.8, 4) is 5.69 Å². The lowest BCUT2D eigenvalue weighted by atomic mass is 9.79. The van der Waals surface area contributed by atoms with Crippen LogP contribution in [0.15, 0.2) is 35.1 Å². The van der Waals surface area contributed by atoms with Gasteiger partial charge in [-0.1, -0.05) is 44.4 Å². The van der Waals surface area contributed by atoms with Crippen LogP contribution < -0.4 is 10.9 Å². The Morgan fingerprint density at radius 3 is 2.53 bits per heavy atom. The Kier molecular flexibility index (Phi) is 8.20. The van der Waals surface area contributed by atoms with Crippen LogP contribution in [0.2, 0.25) is 0 Å². The Morgan fingerprint density at radius 1 is 1.16 bits per heavy atom. The van der Waals surface area contributed by atoms with E-state index in [0.29, 0.717) is 11.6 Å². The molecule has 172 valence electrons. The van der Waals surface area contributed by atoms with Crippen LogP contribution in [0.4, 0.5) is 5.69 Å². The minimum absolute atomic E-state index is 0.0697. The predicted octanol–water partition coefficient (Wildman–Crippen LogP) is 4.65. The van der Waals surface area contributed by atoms with Gasteiger partial charge in [-0.25, -0.2) is 4.79 Å². The van der Waals surface area contributed by atoms with Crippen molar-refractivity contribution >= 4 is 17.6 Å². The van der Waals surface area contributed by atoms with Gasteiger partial charge in [0.2, 0.25) is 5.91 Å². The SMILES string of the molecule is CCCCC1CCC(C(=O)Nc2cc(=O)n(-c3ccccc3C)nc2C(=O)OCC)CC1. The molecule has 0 bridgehead atoms. The molecule has 1 N–H and O–H groups in total. The summed E-state index contributed by atoms with van der Waals surface area (Å²) in [4.78, 5) is 38.4. The number of para-hydroxylation sites is 1. The van der Waals surface area contributed by atoms with Gasteiger partial charge < -0.3 is 10.1 Å². The summed E-state index contributed by atoms with van der Waals surface area (Å²) in [7, 11) is 0. The summed E-state index contributed by atoms with van der Waals surface area (Å²) in [6.07, 6.45) is 7.36. The highest BCUT2D eigenvalue weighted by molar-refractivity contribution is 6.00. The third kappa shape index (κ3) is 5.64. The molecule has 0 aliphatic heterocycles. The third-order valence-corrected chi connectivity index (χ3v) is 6.19. The number of aryl methyl sites for hydroxylation is 1. The van der Waals surface area contributed by atoms with Gasteiger partial charge in [-0.2, -0.15) is 9.78 Å². The standard InChI is InChI=1S/C25H33N3O4/c1-4-6-10-18-12-14-19(15-13-18)24(30)26-20-16-22(29)28(21-11-8-7-9-17(21)3)27-23(20)25(31)32-5-2/h7-9,11,16,18-19H,4-6,10,12-15H2,1-3H3,(H,26,30). The van der Waals surface area contributed by atoms with Gasteiger partial charge in [-0.3, -0.25) is 9.59 Å². The van der Waals surface area contributed by atoms with Crippen molar-refractivity contribution in [1.29, 1.82) is 0 Å². The normalized spacial score (nSPS) is 18.2. The van der Waals surface area contributed by atoms with E-state index in [-0.39, 0.29) is 29.8 Å². The van der Waals surface area contributed by atoms with Gasteiger partial charge in [0.05, 0.1) is 18.0 Å². The van der Waals surface area contributed by atoms with E-state index in [1.807, 2.05) is 19.1 Å². The molecule has 1 aromatic heterocycles. The molecule has 32 heavy (non-hydrogen) atoms. The van der Waals surface area contributed by atoms with Crippen molar-refractivity contribution in [3.05, 3.63) is 51.9 Å². The van der Waals surface area contributed by atoms with Gasteiger partial charge in [0.15, 0.2) is 5.69 Å². The number of rotatable bonds is 8. The molecular weight excluding hydrogens is 406 g/mol. The lowest BCUT2D eigenvalue weighted by molar-refractivity contribution is -0.121. The van der Waals surface area contributed by atoms with Gasteiger partial charge in [0, 0.05) is 12.0 Å². The first-order chi connectivity index (χ1) is 15.4. The predicted molar refractivity (Wildman–Crippen MR) is 124 cm³/mol. The molecule has 1 heterocycles. The highest BCUT2D eigenvalue weighted by atomic mass is 16.5. The molecule has 1 amide bonds. The Bertz CT molecular complexity index is 1010. The summed E-state index contributed by atoms with van der Waals surface area (Å²) < 4.78 is 6.32. The Balaban J connectivity index is 1.83. The Labute approximate surface area is 189 Å². The summed E-state index contributed by atoms with van der Waals surface area (Å²) in [6.45, 7) is 5.92. The summed E-state index contributed by atoms with van der Waals surface area (Å²) in [5, 5.41) is 7.08. The summed E-state index contributed by atoms with van der Waals surface area (Å²) >= 11 is 0. The first kappa shape index (κ1) is 23.7. The van der Waals surface area contributed by atoms with Crippen molar-refractivity contribution < 1.29 is 14.3 Å². The van der Waals surface area contributed by atoms with E-state index in [0.717, 1.165) is 31.2 Å². The minimum Gasteiger partial charge on any atom is -0.461 e. The van der Waals surface area contributed by atoms with Crippen LogP contribution in [0.3, 0.4) is 0 Å². The maximum absolute atomic E-state index is 12.9. The average molecular weight is 440 g/mol. The van der Waals surface area contributed by atoms with Gasteiger partial charge in [-0.15, -0.1) is 0 Å². The van der Waals surface area contributed by atoms with E-state index < -0.39 is 11.5 Å². The fourth-order valence-corrected chi connectivity index (χ4v) is 4.32. The molecule has 3 rings (SSSR count). The smallest absolute Gasteiger partial charge is 0.360 e. The number of amides is 1. The Morgan fingerprint density at radius 2 is 1.88 bits per heavy atom. The largest absolute Gasteiger partial charge is 0.461 e. The molecule has 1 aromatic carbocycles. The van der Waals surface area contributed by atoms with E-state index in [2.05, 4.69) is 17.3 Å². The zero-order valence-corrected chi connectivity index (χ0v) is 19.2. The molecule has 7 nitrogen and oxygen atoms in total.